The van der Waals surface area contributed by atoms with Gasteiger partial charge in [-0.05, 0) is 103 Å². The molecule has 0 radical (unpaired) electrons. The Bertz CT molecular complexity index is 1650. The third-order valence-electron chi connectivity index (χ3n) is 9.47. The lowest BCUT2D eigenvalue weighted by molar-refractivity contribution is -0.137. The van der Waals surface area contributed by atoms with Gasteiger partial charge < -0.3 is 14.5 Å². The SMILES string of the molecule is COc1ccc(-n2cnnn2)cc1C(=O)N1CCC(CCN2CCC(C(=O)NO)(c3cccnc3)CC2)(c2cccc(Cl)c2)C1. The van der Waals surface area contributed by atoms with E-state index in [-0.39, 0.29) is 11.3 Å². The second-order valence-corrected chi connectivity index (χ2v) is 12.2. The molecule has 2 aliphatic rings. The topological polar surface area (TPSA) is 139 Å². The molecule has 0 saturated carbocycles. The maximum atomic E-state index is 14.0. The number of nitrogens with zero attached hydrogens (tertiary/aromatic N) is 7. The Hall–Kier alpha value is -4.39. The molecular formula is C32H35ClN8O4. The largest absolute Gasteiger partial charge is 0.496 e. The van der Waals surface area contributed by atoms with Crippen LogP contribution in [0.25, 0.3) is 5.69 Å². The summed E-state index contributed by atoms with van der Waals surface area (Å²) in [4.78, 5) is 35.4. The number of hydroxylamine groups is 1. The molecule has 13 heteroatoms. The van der Waals surface area contributed by atoms with Gasteiger partial charge in [-0.3, -0.25) is 19.8 Å². The van der Waals surface area contributed by atoms with Crippen molar-refractivity contribution in [2.24, 2.45) is 0 Å². The molecule has 2 N–H and O–H groups in total. The summed E-state index contributed by atoms with van der Waals surface area (Å²) in [6.07, 6.45) is 7.54. The predicted molar refractivity (Wildman–Crippen MR) is 165 cm³/mol. The first-order chi connectivity index (χ1) is 21.9. The van der Waals surface area contributed by atoms with Crippen LogP contribution in [-0.2, 0) is 15.6 Å². The van der Waals surface area contributed by atoms with Gasteiger partial charge in [-0.25, -0.2) is 10.2 Å². The number of rotatable bonds is 9. The quantitative estimate of drug-likeness (QED) is 0.210. The maximum absolute atomic E-state index is 14.0. The molecule has 2 aromatic heterocycles. The number of ether oxygens (including phenoxy) is 1. The summed E-state index contributed by atoms with van der Waals surface area (Å²) in [5, 5.41) is 21.6. The first-order valence-corrected chi connectivity index (χ1v) is 15.3. The third kappa shape index (κ3) is 6.00. The number of pyridine rings is 1. The van der Waals surface area contributed by atoms with Gasteiger partial charge in [-0.1, -0.05) is 29.8 Å². The molecule has 2 aromatic carbocycles. The number of nitrogens with one attached hydrogen (secondary N) is 1. The van der Waals surface area contributed by atoms with Crippen LogP contribution < -0.4 is 10.2 Å². The zero-order valence-electron chi connectivity index (χ0n) is 25.0. The Morgan fingerprint density at radius 2 is 1.87 bits per heavy atom. The molecule has 2 saturated heterocycles. The maximum Gasteiger partial charge on any atom is 0.257 e. The summed E-state index contributed by atoms with van der Waals surface area (Å²) >= 11 is 6.48. The van der Waals surface area contributed by atoms with E-state index in [4.69, 9.17) is 16.3 Å². The molecule has 0 aliphatic carbocycles. The molecule has 2 aliphatic heterocycles. The fraction of sp³-hybridized carbons (Fsp3) is 0.375. The van der Waals surface area contributed by atoms with Crippen molar-refractivity contribution in [3.05, 3.63) is 95.0 Å². The fourth-order valence-corrected chi connectivity index (χ4v) is 7.02. The van der Waals surface area contributed by atoms with Crippen molar-refractivity contribution in [3.63, 3.8) is 0 Å². The van der Waals surface area contributed by atoms with Gasteiger partial charge in [0.15, 0.2) is 0 Å². The zero-order valence-corrected chi connectivity index (χ0v) is 25.7. The van der Waals surface area contributed by atoms with Gasteiger partial charge in [-0.15, -0.1) is 5.10 Å². The van der Waals surface area contributed by atoms with Gasteiger partial charge in [0.2, 0.25) is 0 Å². The summed E-state index contributed by atoms with van der Waals surface area (Å²) in [6, 6.07) is 16.9. The van der Waals surface area contributed by atoms with Crippen molar-refractivity contribution >= 4 is 23.4 Å². The zero-order chi connectivity index (χ0) is 31.4. The minimum Gasteiger partial charge on any atom is -0.496 e. The lowest BCUT2D eigenvalue weighted by Crippen LogP contribution is -2.51. The van der Waals surface area contributed by atoms with Crippen LogP contribution >= 0.6 is 11.6 Å². The molecule has 4 aromatic rings. The van der Waals surface area contributed by atoms with Gasteiger partial charge in [-0.2, -0.15) is 0 Å². The van der Waals surface area contributed by atoms with Crippen molar-refractivity contribution in [2.45, 2.75) is 36.5 Å². The van der Waals surface area contributed by atoms with Crippen molar-refractivity contribution in [3.8, 4) is 11.4 Å². The number of hydrogen-bond acceptors (Lipinski definition) is 9. The molecule has 4 heterocycles. The first kappa shape index (κ1) is 30.6. The van der Waals surface area contributed by atoms with Crippen LogP contribution in [0.5, 0.6) is 5.75 Å². The summed E-state index contributed by atoms with van der Waals surface area (Å²) in [6.45, 7) is 3.22. The second kappa shape index (κ2) is 12.9. The monoisotopic (exact) mass is 630 g/mol. The number of hydrogen-bond donors (Lipinski definition) is 2. The smallest absolute Gasteiger partial charge is 0.257 e. The van der Waals surface area contributed by atoms with Crippen LogP contribution in [0.2, 0.25) is 5.02 Å². The van der Waals surface area contributed by atoms with Crippen molar-refractivity contribution < 1.29 is 19.5 Å². The van der Waals surface area contributed by atoms with Gasteiger partial charge in [0.05, 0.1) is 23.8 Å². The number of carbonyl (C=O) groups is 2. The molecule has 234 valence electrons. The van der Waals surface area contributed by atoms with Crippen LogP contribution in [0.1, 0.15) is 47.2 Å². The normalized spacial score (nSPS) is 19.8. The van der Waals surface area contributed by atoms with Gasteiger partial charge >= 0.3 is 0 Å². The summed E-state index contributed by atoms with van der Waals surface area (Å²) < 4.78 is 7.07. The van der Waals surface area contributed by atoms with E-state index in [1.807, 2.05) is 40.7 Å². The van der Waals surface area contributed by atoms with Gasteiger partial charge in [0.25, 0.3) is 11.8 Å². The van der Waals surface area contributed by atoms with E-state index in [0.717, 1.165) is 30.5 Å². The van der Waals surface area contributed by atoms with Crippen molar-refractivity contribution in [1.29, 1.82) is 0 Å². The standard InChI is InChI=1S/C32H35ClN8O4/c1-45-28-8-7-26(41-22-35-37-38-41)19-27(28)29(42)40-17-10-31(21-40,23-4-2-6-25(33)18-23)9-14-39-15-11-32(12-16-39,30(43)36-44)24-5-3-13-34-20-24/h2-8,13,18-20,22,44H,9-12,14-17,21H2,1H3,(H,36,43). The van der Waals surface area contributed by atoms with Crippen LogP contribution in [0.15, 0.2) is 73.3 Å². The first-order valence-electron chi connectivity index (χ1n) is 14.9. The minimum atomic E-state index is -0.837. The number of tetrazole rings is 1. The Kier molecular flexibility index (Phi) is 8.79. The highest BCUT2D eigenvalue weighted by atomic mass is 35.5. The van der Waals surface area contributed by atoms with Gasteiger partial charge in [0.1, 0.15) is 12.1 Å². The van der Waals surface area contributed by atoms with Crippen LogP contribution in [0.3, 0.4) is 0 Å². The van der Waals surface area contributed by atoms with Crippen molar-refractivity contribution in [2.75, 3.05) is 39.8 Å². The third-order valence-corrected chi connectivity index (χ3v) is 9.71. The van der Waals surface area contributed by atoms with E-state index in [2.05, 4.69) is 31.5 Å². The molecule has 0 bridgehead atoms. The van der Waals surface area contributed by atoms with E-state index in [9.17, 15) is 14.8 Å². The van der Waals surface area contributed by atoms with E-state index in [0.29, 0.717) is 61.0 Å². The summed E-state index contributed by atoms with van der Waals surface area (Å²) in [7, 11) is 1.55. The second-order valence-electron chi connectivity index (χ2n) is 11.8. The Morgan fingerprint density at radius 1 is 1.04 bits per heavy atom. The lowest BCUT2D eigenvalue weighted by atomic mass is 9.72. The highest BCUT2D eigenvalue weighted by Crippen LogP contribution is 2.41. The summed E-state index contributed by atoms with van der Waals surface area (Å²) in [5.74, 6) is -0.0515. The van der Waals surface area contributed by atoms with E-state index in [1.165, 1.54) is 11.0 Å². The average Bonchev–Trinajstić information content (AvgIpc) is 3.79. The number of carbonyl (C=O) groups excluding carboxylic acids is 2. The predicted octanol–water partition coefficient (Wildman–Crippen LogP) is 3.43. The molecule has 1 unspecified atom stereocenters. The number of benzene rings is 2. The number of methoxy groups -OCH3 is 1. The minimum absolute atomic E-state index is 0.125. The molecule has 2 amide bonds. The highest BCUT2D eigenvalue weighted by Gasteiger charge is 2.45. The number of aromatic nitrogens is 5. The Labute approximate surface area is 265 Å². The lowest BCUT2D eigenvalue weighted by Gasteiger charge is -2.41. The Morgan fingerprint density at radius 3 is 2.56 bits per heavy atom. The molecular weight excluding hydrogens is 596 g/mol. The fourth-order valence-electron chi connectivity index (χ4n) is 6.83. The average molecular weight is 631 g/mol. The van der Waals surface area contributed by atoms with Crippen LogP contribution in [-0.4, -0.2) is 91.8 Å². The molecule has 12 nitrogen and oxygen atoms in total. The van der Waals surface area contributed by atoms with Crippen LogP contribution in [0, 0.1) is 0 Å². The van der Waals surface area contributed by atoms with E-state index >= 15 is 0 Å². The van der Waals surface area contributed by atoms with E-state index < -0.39 is 11.3 Å². The summed E-state index contributed by atoms with van der Waals surface area (Å²) in [5.41, 5.74) is 3.74. The Balaban J connectivity index is 1.21. The highest BCUT2D eigenvalue weighted by molar-refractivity contribution is 6.30. The van der Waals surface area contributed by atoms with E-state index in [1.54, 1.807) is 37.7 Å². The van der Waals surface area contributed by atoms with Crippen LogP contribution in [0.4, 0.5) is 0 Å². The molecule has 6 rings (SSSR count). The molecule has 1 atom stereocenters. The number of piperidine rings is 1. The van der Waals surface area contributed by atoms with Crippen molar-refractivity contribution in [1.82, 2.24) is 40.5 Å². The molecule has 45 heavy (non-hydrogen) atoms. The molecule has 0 spiro atoms. The number of amides is 2. The number of halogens is 1. The van der Waals surface area contributed by atoms with Gasteiger partial charge in [0, 0.05) is 35.9 Å². The number of likely N-dealkylation sites (tertiary alicyclic amines) is 2. The molecule has 2 fully saturated rings.